The van der Waals surface area contributed by atoms with Gasteiger partial charge in [-0.3, -0.25) is 0 Å². The molecule has 0 radical (unpaired) electrons. The van der Waals surface area contributed by atoms with Gasteiger partial charge in [-0.1, -0.05) is 32.9 Å². The molecule has 21 heavy (non-hydrogen) atoms. The van der Waals surface area contributed by atoms with E-state index >= 15 is 0 Å². The Labute approximate surface area is 125 Å². The second-order valence-electron chi connectivity index (χ2n) is 7.03. The van der Waals surface area contributed by atoms with Gasteiger partial charge in [0, 0.05) is 0 Å². The molecule has 1 aliphatic rings. The summed E-state index contributed by atoms with van der Waals surface area (Å²) in [6.07, 6.45) is 2.33. The van der Waals surface area contributed by atoms with Crippen molar-refractivity contribution in [2.24, 2.45) is 11.3 Å². The first-order chi connectivity index (χ1) is 9.78. The Balaban J connectivity index is 2.38. The Bertz CT molecular complexity index is 529. The third-order valence-electron chi connectivity index (χ3n) is 4.20. The van der Waals surface area contributed by atoms with E-state index in [0.717, 1.165) is 6.42 Å². The number of esters is 1. The highest BCUT2D eigenvalue weighted by molar-refractivity contribution is 5.85. The smallest absolute Gasteiger partial charge is 0.331 e. The lowest BCUT2D eigenvalue weighted by atomic mass is 9.64. The highest BCUT2D eigenvalue weighted by Crippen LogP contribution is 2.46. The van der Waals surface area contributed by atoms with Gasteiger partial charge in [0.15, 0.2) is 0 Å². The summed E-state index contributed by atoms with van der Waals surface area (Å²) in [7, 11) is 1.39. The van der Waals surface area contributed by atoms with Crippen LogP contribution in [-0.2, 0) is 9.53 Å². The number of methoxy groups -OCH3 is 1. The average molecular weight is 293 g/mol. The second kappa shape index (κ2) is 5.66. The van der Waals surface area contributed by atoms with Crippen LogP contribution in [0.3, 0.4) is 0 Å². The van der Waals surface area contributed by atoms with Crippen LogP contribution in [0.5, 0.6) is 0 Å². The van der Waals surface area contributed by atoms with Crippen molar-refractivity contribution in [3.05, 3.63) is 30.1 Å². The van der Waals surface area contributed by atoms with Crippen molar-refractivity contribution in [1.29, 1.82) is 0 Å². The maximum Gasteiger partial charge on any atom is 0.331 e. The minimum atomic E-state index is -0.863. The van der Waals surface area contributed by atoms with Gasteiger partial charge in [0.05, 0.1) is 12.8 Å². The Morgan fingerprint density at radius 2 is 2.00 bits per heavy atom. The quantitative estimate of drug-likeness (QED) is 0.856. The van der Waals surface area contributed by atoms with E-state index in [0.29, 0.717) is 24.4 Å². The van der Waals surface area contributed by atoms with Crippen LogP contribution in [0.1, 0.15) is 40.0 Å². The number of carbonyl (C=O) groups excluding carboxylic acids is 1. The lowest BCUT2D eigenvalue weighted by molar-refractivity contribution is -0.149. The van der Waals surface area contributed by atoms with Gasteiger partial charge in [-0.15, -0.1) is 0 Å². The van der Waals surface area contributed by atoms with Gasteiger partial charge in [-0.25, -0.2) is 9.18 Å². The van der Waals surface area contributed by atoms with E-state index in [1.54, 1.807) is 18.2 Å². The number of hydrogen-bond acceptors (Lipinski definition) is 3. The lowest BCUT2D eigenvalue weighted by Crippen LogP contribution is -2.54. The van der Waals surface area contributed by atoms with Crippen LogP contribution in [-0.4, -0.2) is 18.6 Å². The van der Waals surface area contributed by atoms with E-state index in [1.165, 1.54) is 13.2 Å². The first-order valence-electron chi connectivity index (χ1n) is 7.39. The Morgan fingerprint density at radius 3 is 2.57 bits per heavy atom. The van der Waals surface area contributed by atoms with Crippen molar-refractivity contribution >= 4 is 11.7 Å². The maximum absolute atomic E-state index is 14.0. The molecule has 116 valence electrons. The van der Waals surface area contributed by atoms with Gasteiger partial charge in [0.1, 0.15) is 11.4 Å². The van der Waals surface area contributed by atoms with Crippen LogP contribution >= 0.6 is 0 Å². The van der Waals surface area contributed by atoms with Crippen LogP contribution in [0.4, 0.5) is 10.1 Å². The highest BCUT2D eigenvalue weighted by atomic mass is 19.1. The molecule has 1 saturated carbocycles. The minimum absolute atomic E-state index is 0.00408. The zero-order valence-corrected chi connectivity index (χ0v) is 13.2. The summed E-state index contributed by atoms with van der Waals surface area (Å²) >= 11 is 0. The summed E-state index contributed by atoms with van der Waals surface area (Å²) in [5, 5.41) is 3.15. The summed E-state index contributed by atoms with van der Waals surface area (Å²) in [6, 6.07) is 6.45. The summed E-state index contributed by atoms with van der Waals surface area (Å²) < 4.78 is 19.0. The van der Waals surface area contributed by atoms with Crippen molar-refractivity contribution < 1.29 is 13.9 Å². The van der Waals surface area contributed by atoms with Gasteiger partial charge in [-0.2, -0.15) is 0 Å². The molecule has 1 fully saturated rings. The van der Waals surface area contributed by atoms with E-state index in [9.17, 15) is 9.18 Å². The number of nitrogens with one attached hydrogen (secondary N) is 1. The highest BCUT2D eigenvalue weighted by Gasteiger charge is 2.49. The summed E-state index contributed by atoms with van der Waals surface area (Å²) in [6.45, 7) is 6.41. The number of benzene rings is 1. The van der Waals surface area contributed by atoms with Crippen molar-refractivity contribution in [2.45, 2.75) is 45.6 Å². The third kappa shape index (κ3) is 3.36. The molecule has 2 unspecified atom stereocenters. The minimum Gasteiger partial charge on any atom is -0.467 e. The maximum atomic E-state index is 14.0. The van der Waals surface area contributed by atoms with Crippen LogP contribution in [0, 0.1) is 17.2 Å². The topological polar surface area (TPSA) is 38.3 Å². The zero-order valence-electron chi connectivity index (χ0n) is 13.2. The molecule has 0 aliphatic heterocycles. The molecule has 1 aromatic carbocycles. The number of para-hydroxylation sites is 1. The van der Waals surface area contributed by atoms with Gasteiger partial charge in [0.25, 0.3) is 0 Å². The van der Waals surface area contributed by atoms with Crippen LogP contribution in [0.25, 0.3) is 0 Å². The molecule has 1 aromatic rings. The first kappa shape index (κ1) is 15.8. The molecule has 0 saturated heterocycles. The number of hydrogen-bond donors (Lipinski definition) is 1. The van der Waals surface area contributed by atoms with Gasteiger partial charge in [-0.05, 0) is 42.7 Å². The average Bonchev–Trinajstić information content (AvgIpc) is 2.38. The molecule has 0 bridgehead atoms. The summed E-state index contributed by atoms with van der Waals surface area (Å²) in [5.41, 5.74) is -0.504. The molecule has 0 spiro atoms. The van der Waals surface area contributed by atoms with E-state index in [-0.39, 0.29) is 17.2 Å². The van der Waals surface area contributed by atoms with Gasteiger partial charge < -0.3 is 10.1 Å². The van der Waals surface area contributed by atoms with Crippen LogP contribution in [0.2, 0.25) is 0 Å². The van der Waals surface area contributed by atoms with E-state index in [4.69, 9.17) is 4.74 Å². The fraction of sp³-hybridized carbons (Fsp3) is 0.588. The molecule has 1 N–H and O–H groups in total. The Kier molecular flexibility index (Phi) is 4.26. The molecular weight excluding hydrogens is 269 g/mol. The van der Waals surface area contributed by atoms with Gasteiger partial charge in [0.2, 0.25) is 0 Å². The van der Waals surface area contributed by atoms with Crippen LogP contribution in [0.15, 0.2) is 24.3 Å². The monoisotopic (exact) mass is 293 g/mol. The SMILES string of the molecule is COC(=O)C1(Nc2ccccc2F)CC(C)CC(C)(C)C1. The number of anilines is 1. The molecule has 0 amide bonds. The number of halogens is 1. The van der Waals surface area contributed by atoms with E-state index in [1.807, 2.05) is 0 Å². The van der Waals surface area contributed by atoms with Crippen LogP contribution < -0.4 is 5.32 Å². The van der Waals surface area contributed by atoms with Crippen molar-refractivity contribution in [3.8, 4) is 0 Å². The molecule has 0 aromatic heterocycles. The van der Waals surface area contributed by atoms with Crippen molar-refractivity contribution in [2.75, 3.05) is 12.4 Å². The molecule has 2 atom stereocenters. The molecule has 0 heterocycles. The predicted molar refractivity (Wildman–Crippen MR) is 81.6 cm³/mol. The lowest BCUT2D eigenvalue weighted by Gasteiger charge is -2.46. The fourth-order valence-electron chi connectivity index (χ4n) is 3.89. The number of ether oxygens (including phenoxy) is 1. The largest absolute Gasteiger partial charge is 0.467 e. The zero-order chi connectivity index (χ0) is 15.7. The number of rotatable bonds is 3. The third-order valence-corrected chi connectivity index (χ3v) is 4.20. The Hall–Kier alpha value is -1.58. The summed E-state index contributed by atoms with van der Waals surface area (Å²) in [4.78, 5) is 12.4. The summed E-state index contributed by atoms with van der Waals surface area (Å²) in [5.74, 6) is -0.297. The first-order valence-corrected chi connectivity index (χ1v) is 7.39. The fourth-order valence-corrected chi connectivity index (χ4v) is 3.89. The van der Waals surface area contributed by atoms with Gasteiger partial charge >= 0.3 is 5.97 Å². The molecule has 2 rings (SSSR count). The Morgan fingerprint density at radius 1 is 1.33 bits per heavy atom. The van der Waals surface area contributed by atoms with E-state index in [2.05, 4.69) is 26.1 Å². The molecule has 3 nitrogen and oxygen atoms in total. The number of carbonyl (C=O) groups is 1. The van der Waals surface area contributed by atoms with E-state index < -0.39 is 5.54 Å². The normalized spacial score (nSPS) is 28.0. The standard InChI is InChI=1S/C17H24FNO2/c1-12-9-16(2,3)11-17(10-12,15(20)21-4)19-14-8-6-5-7-13(14)18/h5-8,12,19H,9-11H2,1-4H3. The van der Waals surface area contributed by atoms with Crippen molar-refractivity contribution in [3.63, 3.8) is 0 Å². The predicted octanol–water partition coefficient (Wildman–Crippen LogP) is 4.00. The van der Waals surface area contributed by atoms with Crippen molar-refractivity contribution in [1.82, 2.24) is 0 Å². The molecular formula is C17H24FNO2. The second-order valence-corrected chi connectivity index (χ2v) is 7.03. The molecule has 1 aliphatic carbocycles. The molecule has 4 heteroatoms.